The molecule has 4 nitrogen and oxygen atoms in total. The zero-order valence-electron chi connectivity index (χ0n) is 28.8. The number of rotatable bonds is 8. The normalized spacial score (nSPS) is 40.6. The smallest absolute Gasteiger partial charge is 0.331 e. The maximum Gasteiger partial charge on any atom is 0.331 e. The number of esters is 1. The third-order valence-corrected chi connectivity index (χ3v) is 14.8. The van der Waals surface area contributed by atoms with Gasteiger partial charge in [0, 0.05) is 11.5 Å². The van der Waals surface area contributed by atoms with Crippen LogP contribution < -0.4 is 4.74 Å². The summed E-state index contributed by atoms with van der Waals surface area (Å²) in [4.78, 5) is 13.1. The van der Waals surface area contributed by atoms with Gasteiger partial charge < -0.3 is 14.6 Å². The maximum atomic E-state index is 13.1. The van der Waals surface area contributed by atoms with E-state index in [2.05, 4.69) is 54.5 Å². The first-order chi connectivity index (χ1) is 20.7. The summed E-state index contributed by atoms with van der Waals surface area (Å²) in [5, 5.41) is 9.88. The number of phenolic OH excluding ortho intramolecular Hbond substituents is 1. The predicted octanol–water partition coefficient (Wildman–Crippen LogP) is 10.1. The number of fused-ring (bicyclic) bond motifs is 2. The second-order valence-corrected chi connectivity index (χ2v) is 17.0. The fraction of sp³-hybridized carbons (Fsp3) is 0.725. The van der Waals surface area contributed by atoms with E-state index in [-0.39, 0.29) is 23.2 Å². The summed E-state index contributed by atoms with van der Waals surface area (Å²) in [5.41, 5.74) is 4.08. The number of carbonyl (C=O) groups is 1. The summed E-state index contributed by atoms with van der Waals surface area (Å²) in [7, 11) is 1.53. The Hall–Kier alpha value is -2.23. The van der Waals surface area contributed by atoms with Gasteiger partial charge in [0.1, 0.15) is 6.10 Å². The first-order valence-corrected chi connectivity index (χ1v) is 17.6. The van der Waals surface area contributed by atoms with Crippen LogP contribution in [0.5, 0.6) is 11.5 Å². The molecule has 4 heteroatoms. The number of hydrogen-bond donors (Lipinski definition) is 1. The van der Waals surface area contributed by atoms with Gasteiger partial charge in [-0.1, -0.05) is 52.3 Å². The summed E-state index contributed by atoms with van der Waals surface area (Å²) < 4.78 is 11.4. The molecule has 3 unspecified atom stereocenters. The van der Waals surface area contributed by atoms with Gasteiger partial charge in [-0.05, 0) is 154 Å². The molecular formula is C40H58O4. The molecule has 5 aliphatic carbocycles. The van der Waals surface area contributed by atoms with Crippen molar-refractivity contribution in [2.24, 2.45) is 50.7 Å². The third-order valence-electron chi connectivity index (χ3n) is 14.8. The second-order valence-electron chi connectivity index (χ2n) is 17.0. The van der Waals surface area contributed by atoms with Gasteiger partial charge in [-0.2, -0.15) is 0 Å². The van der Waals surface area contributed by atoms with E-state index in [0.29, 0.717) is 33.3 Å². The van der Waals surface area contributed by atoms with Crippen molar-refractivity contribution in [1.82, 2.24) is 0 Å². The molecule has 0 aromatic heterocycles. The standard InChI is InChI=1S/C40H58O4/c1-26(2)10-9-11-27(3)29-18-20-38(7)33-16-15-32-36(4,5)34(19-21-39(32)25-40(33,39)23-22-37(29,38)6)44-35(42)17-13-28-12-14-30(41)31(24-28)43-8/h10,12-14,17,24,27,29,32-34,41H,9,11,15-16,18-23,25H2,1-8H3/b17-13+/t27?,29?,32-,33-,34-,37+,38-,39+,40?/m0/s1. The Bertz CT molecular complexity index is 1340. The van der Waals surface area contributed by atoms with Crippen molar-refractivity contribution in [1.29, 1.82) is 0 Å². The summed E-state index contributed by atoms with van der Waals surface area (Å²) in [5.74, 6) is 3.33. The fourth-order valence-corrected chi connectivity index (χ4v) is 12.5. The Balaban J connectivity index is 1.15. The molecule has 2 spiro atoms. The summed E-state index contributed by atoms with van der Waals surface area (Å²) in [6.45, 7) is 17.2. The first kappa shape index (κ1) is 31.7. The van der Waals surface area contributed by atoms with Crippen LogP contribution in [0.4, 0.5) is 0 Å². The molecule has 0 amide bonds. The monoisotopic (exact) mass is 602 g/mol. The number of ether oxygens (including phenoxy) is 2. The lowest BCUT2D eigenvalue weighted by Crippen LogP contribution is -2.58. The summed E-state index contributed by atoms with van der Waals surface area (Å²) in [6, 6.07) is 5.09. The highest BCUT2D eigenvalue weighted by Crippen LogP contribution is 2.89. The molecule has 1 N–H and O–H groups in total. The van der Waals surface area contributed by atoms with E-state index in [0.717, 1.165) is 29.7 Å². The van der Waals surface area contributed by atoms with Crippen LogP contribution in [0.3, 0.4) is 0 Å². The maximum absolute atomic E-state index is 13.1. The van der Waals surface area contributed by atoms with Gasteiger partial charge in [-0.15, -0.1) is 0 Å². The third kappa shape index (κ3) is 4.62. The fourth-order valence-electron chi connectivity index (χ4n) is 12.5. The Kier molecular flexibility index (Phi) is 7.89. The minimum absolute atomic E-state index is 0.0305. The molecule has 1 aromatic rings. The van der Waals surface area contributed by atoms with Crippen LogP contribution in [-0.4, -0.2) is 24.3 Å². The number of hydrogen-bond acceptors (Lipinski definition) is 4. The van der Waals surface area contributed by atoms with Crippen molar-refractivity contribution in [3.8, 4) is 11.5 Å². The van der Waals surface area contributed by atoms with E-state index >= 15 is 0 Å². The van der Waals surface area contributed by atoms with Crippen LogP contribution in [0.15, 0.2) is 35.9 Å². The highest BCUT2D eigenvalue weighted by molar-refractivity contribution is 5.87. The van der Waals surface area contributed by atoms with Gasteiger partial charge in [0.05, 0.1) is 7.11 Å². The first-order valence-electron chi connectivity index (χ1n) is 17.6. The molecule has 6 rings (SSSR count). The van der Waals surface area contributed by atoms with Gasteiger partial charge in [-0.3, -0.25) is 0 Å². The molecule has 0 aliphatic heterocycles. The molecule has 0 saturated heterocycles. The van der Waals surface area contributed by atoms with Gasteiger partial charge in [0.2, 0.25) is 0 Å². The van der Waals surface area contributed by atoms with Gasteiger partial charge in [0.25, 0.3) is 0 Å². The van der Waals surface area contributed by atoms with Crippen molar-refractivity contribution in [3.63, 3.8) is 0 Å². The molecule has 44 heavy (non-hydrogen) atoms. The molecular weight excluding hydrogens is 544 g/mol. The van der Waals surface area contributed by atoms with Gasteiger partial charge in [-0.25, -0.2) is 4.79 Å². The lowest BCUT2D eigenvalue weighted by Gasteiger charge is -2.63. The number of allylic oxidation sites excluding steroid dienone is 2. The molecule has 5 aliphatic rings. The minimum atomic E-state index is -0.276. The number of aromatic hydroxyl groups is 1. The zero-order chi connectivity index (χ0) is 31.7. The number of carbonyl (C=O) groups excluding carboxylic acids is 1. The highest BCUT2D eigenvalue weighted by atomic mass is 16.5. The van der Waals surface area contributed by atoms with Crippen LogP contribution in [0.25, 0.3) is 6.08 Å². The van der Waals surface area contributed by atoms with E-state index in [9.17, 15) is 9.90 Å². The molecule has 0 bridgehead atoms. The largest absolute Gasteiger partial charge is 0.504 e. The van der Waals surface area contributed by atoms with E-state index in [1.54, 1.807) is 24.3 Å². The number of benzene rings is 1. The van der Waals surface area contributed by atoms with Crippen molar-refractivity contribution in [3.05, 3.63) is 41.5 Å². The molecule has 9 atom stereocenters. The Morgan fingerprint density at radius 3 is 2.43 bits per heavy atom. The second kappa shape index (κ2) is 10.9. The van der Waals surface area contributed by atoms with Gasteiger partial charge >= 0.3 is 5.97 Å². The van der Waals surface area contributed by atoms with Crippen molar-refractivity contribution >= 4 is 12.0 Å². The number of methoxy groups -OCH3 is 1. The molecule has 0 heterocycles. The van der Waals surface area contributed by atoms with Crippen LogP contribution in [0, 0.1) is 50.7 Å². The summed E-state index contributed by atoms with van der Waals surface area (Å²) >= 11 is 0. The number of phenols is 1. The lowest BCUT2D eigenvalue weighted by molar-refractivity contribution is -0.179. The SMILES string of the molecule is COc1cc(/C=C/C(=O)O[C@H]2CC[C@]34CC35CC[C@]3(C)C(C(C)CCC=C(C)C)CC[C@@]3(C)[C@@H]5CC[C@H]4C2(C)C)ccc1O. The lowest BCUT2D eigenvalue weighted by atomic mass is 9.41. The average molecular weight is 603 g/mol. The Morgan fingerprint density at radius 2 is 1.70 bits per heavy atom. The van der Waals surface area contributed by atoms with Crippen LogP contribution in [0.2, 0.25) is 0 Å². The Labute approximate surface area is 267 Å². The minimum Gasteiger partial charge on any atom is -0.504 e. The molecule has 1 aromatic carbocycles. The van der Waals surface area contributed by atoms with Crippen molar-refractivity contribution in [2.45, 2.75) is 125 Å². The molecule has 242 valence electrons. The van der Waals surface area contributed by atoms with E-state index < -0.39 is 0 Å². The van der Waals surface area contributed by atoms with E-state index in [4.69, 9.17) is 9.47 Å². The average Bonchev–Trinajstić information content (AvgIpc) is 3.55. The van der Waals surface area contributed by atoms with E-state index in [1.165, 1.54) is 83.0 Å². The molecule has 0 radical (unpaired) electrons. The van der Waals surface area contributed by atoms with Crippen molar-refractivity contribution in [2.75, 3.05) is 7.11 Å². The van der Waals surface area contributed by atoms with E-state index in [1.807, 2.05) is 0 Å². The topological polar surface area (TPSA) is 55.8 Å². The zero-order valence-corrected chi connectivity index (χ0v) is 28.8. The Morgan fingerprint density at radius 1 is 0.977 bits per heavy atom. The molecule has 5 fully saturated rings. The quantitative estimate of drug-likeness (QED) is 0.183. The van der Waals surface area contributed by atoms with Crippen LogP contribution >= 0.6 is 0 Å². The van der Waals surface area contributed by atoms with Crippen LogP contribution in [-0.2, 0) is 9.53 Å². The van der Waals surface area contributed by atoms with Crippen LogP contribution in [0.1, 0.15) is 125 Å². The summed E-state index contributed by atoms with van der Waals surface area (Å²) in [6.07, 6.45) is 20.1. The predicted molar refractivity (Wildman–Crippen MR) is 178 cm³/mol. The van der Waals surface area contributed by atoms with Crippen molar-refractivity contribution < 1.29 is 19.4 Å². The molecule has 5 saturated carbocycles. The van der Waals surface area contributed by atoms with Gasteiger partial charge in [0.15, 0.2) is 11.5 Å². The highest BCUT2D eigenvalue weighted by Gasteiger charge is 2.82.